The van der Waals surface area contributed by atoms with Crippen LogP contribution in [-0.2, 0) is 7.05 Å². The standard InChI is InChI=1S/C21H21N5O2/c1-24-13-18-19(23-24)7-11-26(21(18)28)16-2-3-17-14(12-16)6-10-25(20(17)27)15-4-8-22-9-5-15/h2-3,6-7,10-13,15,22H,4-5,8-9H2,1H3. The van der Waals surface area contributed by atoms with Crippen molar-refractivity contribution < 1.29 is 0 Å². The predicted molar refractivity (Wildman–Crippen MR) is 109 cm³/mol. The number of aryl methyl sites for hydroxylation is 1. The van der Waals surface area contributed by atoms with Gasteiger partial charge in [0.05, 0.1) is 10.9 Å². The number of pyridine rings is 2. The summed E-state index contributed by atoms with van der Waals surface area (Å²) in [5.74, 6) is 0. The van der Waals surface area contributed by atoms with E-state index in [1.807, 2.05) is 41.1 Å². The van der Waals surface area contributed by atoms with E-state index in [1.54, 1.807) is 28.7 Å². The Kier molecular flexibility index (Phi) is 3.91. The number of aromatic nitrogens is 4. The fraction of sp³-hybridized carbons (Fsp3) is 0.286. The van der Waals surface area contributed by atoms with E-state index in [2.05, 4.69) is 10.4 Å². The fourth-order valence-electron chi connectivity index (χ4n) is 4.11. The van der Waals surface area contributed by atoms with Crippen LogP contribution in [0.3, 0.4) is 0 Å². The Labute approximate surface area is 160 Å². The molecule has 0 spiro atoms. The minimum Gasteiger partial charge on any atom is -0.317 e. The first-order chi connectivity index (χ1) is 13.6. The van der Waals surface area contributed by atoms with Crippen LogP contribution in [0, 0.1) is 0 Å². The quantitative estimate of drug-likeness (QED) is 0.581. The molecule has 28 heavy (non-hydrogen) atoms. The van der Waals surface area contributed by atoms with Gasteiger partial charge in [-0.2, -0.15) is 5.10 Å². The summed E-state index contributed by atoms with van der Waals surface area (Å²) >= 11 is 0. The van der Waals surface area contributed by atoms with E-state index < -0.39 is 0 Å². The van der Waals surface area contributed by atoms with E-state index in [0.29, 0.717) is 16.3 Å². The number of hydrogen-bond donors (Lipinski definition) is 1. The van der Waals surface area contributed by atoms with Gasteiger partial charge < -0.3 is 9.88 Å². The van der Waals surface area contributed by atoms with Crippen molar-refractivity contribution in [1.82, 2.24) is 24.2 Å². The molecule has 0 bridgehead atoms. The Hall–Kier alpha value is -3.19. The molecule has 4 heterocycles. The smallest absolute Gasteiger partial charge is 0.266 e. The first kappa shape index (κ1) is 16.9. The lowest BCUT2D eigenvalue weighted by molar-refractivity contribution is 0.362. The number of nitrogens with zero attached hydrogens (tertiary/aromatic N) is 4. The van der Waals surface area contributed by atoms with Crippen LogP contribution in [0.1, 0.15) is 18.9 Å². The van der Waals surface area contributed by atoms with Gasteiger partial charge in [0.1, 0.15) is 0 Å². The fourth-order valence-corrected chi connectivity index (χ4v) is 4.11. The van der Waals surface area contributed by atoms with E-state index >= 15 is 0 Å². The Balaban J connectivity index is 1.62. The lowest BCUT2D eigenvalue weighted by Gasteiger charge is -2.25. The van der Waals surface area contributed by atoms with Gasteiger partial charge in [0, 0.05) is 42.8 Å². The first-order valence-electron chi connectivity index (χ1n) is 9.53. The molecule has 0 radical (unpaired) electrons. The van der Waals surface area contributed by atoms with E-state index in [-0.39, 0.29) is 17.2 Å². The van der Waals surface area contributed by atoms with Gasteiger partial charge in [0.2, 0.25) is 0 Å². The van der Waals surface area contributed by atoms with Crippen molar-refractivity contribution in [3.05, 3.63) is 69.6 Å². The Morgan fingerprint density at radius 1 is 1.00 bits per heavy atom. The predicted octanol–water partition coefficient (Wildman–Crippen LogP) is 1.96. The van der Waals surface area contributed by atoms with Crippen LogP contribution in [-0.4, -0.2) is 32.0 Å². The highest BCUT2D eigenvalue weighted by Crippen LogP contribution is 2.20. The van der Waals surface area contributed by atoms with Gasteiger partial charge in [0.25, 0.3) is 11.1 Å². The number of rotatable bonds is 2. The van der Waals surface area contributed by atoms with Crippen LogP contribution in [0.25, 0.3) is 27.4 Å². The normalized spacial score (nSPS) is 15.5. The minimum atomic E-state index is -0.118. The highest BCUT2D eigenvalue weighted by Gasteiger charge is 2.17. The van der Waals surface area contributed by atoms with E-state index in [9.17, 15) is 9.59 Å². The van der Waals surface area contributed by atoms with Crippen molar-refractivity contribution in [2.24, 2.45) is 7.05 Å². The summed E-state index contributed by atoms with van der Waals surface area (Å²) < 4.78 is 5.10. The molecule has 142 valence electrons. The van der Waals surface area contributed by atoms with Crippen LogP contribution < -0.4 is 16.4 Å². The maximum atomic E-state index is 13.0. The molecule has 5 rings (SSSR count). The van der Waals surface area contributed by atoms with Gasteiger partial charge in [0.15, 0.2) is 0 Å². The number of hydrogen-bond acceptors (Lipinski definition) is 4. The van der Waals surface area contributed by atoms with Crippen molar-refractivity contribution in [2.75, 3.05) is 13.1 Å². The number of fused-ring (bicyclic) bond motifs is 2. The van der Waals surface area contributed by atoms with Crippen molar-refractivity contribution in [2.45, 2.75) is 18.9 Å². The number of nitrogens with one attached hydrogen (secondary N) is 1. The molecule has 1 aliphatic rings. The Morgan fingerprint density at radius 3 is 2.64 bits per heavy atom. The van der Waals surface area contributed by atoms with Gasteiger partial charge in [-0.05, 0) is 61.6 Å². The number of benzene rings is 1. The third-order valence-corrected chi connectivity index (χ3v) is 5.58. The molecule has 1 fully saturated rings. The van der Waals surface area contributed by atoms with Crippen molar-refractivity contribution in [1.29, 1.82) is 0 Å². The lowest BCUT2D eigenvalue weighted by Crippen LogP contribution is -2.34. The van der Waals surface area contributed by atoms with Gasteiger partial charge in [-0.3, -0.25) is 18.8 Å². The largest absolute Gasteiger partial charge is 0.317 e. The van der Waals surface area contributed by atoms with E-state index in [4.69, 9.17) is 0 Å². The molecule has 0 unspecified atom stereocenters. The van der Waals surface area contributed by atoms with Crippen LogP contribution in [0.4, 0.5) is 0 Å². The van der Waals surface area contributed by atoms with Crippen LogP contribution >= 0.6 is 0 Å². The average Bonchev–Trinajstić information content (AvgIpc) is 3.10. The average molecular weight is 375 g/mol. The molecule has 0 aliphatic carbocycles. The summed E-state index contributed by atoms with van der Waals surface area (Å²) in [6, 6.07) is 9.59. The monoisotopic (exact) mass is 375 g/mol. The minimum absolute atomic E-state index is 0.0333. The molecule has 0 amide bonds. The topological polar surface area (TPSA) is 73.8 Å². The maximum absolute atomic E-state index is 13.0. The van der Waals surface area contributed by atoms with Crippen LogP contribution in [0.5, 0.6) is 0 Å². The molecule has 7 heteroatoms. The summed E-state index contributed by atoms with van der Waals surface area (Å²) in [6.07, 6.45) is 7.27. The van der Waals surface area contributed by atoms with Gasteiger partial charge in [-0.25, -0.2) is 0 Å². The summed E-state index contributed by atoms with van der Waals surface area (Å²) in [6.45, 7) is 1.88. The third kappa shape index (κ3) is 2.66. The van der Waals surface area contributed by atoms with Crippen LogP contribution in [0.15, 0.2) is 58.5 Å². The summed E-state index contributed by atoms with van der Waals surface area (Å²) in [4.78, 5) is 25.8. The first-order valence-corrected chi connectivity index (χ1v) is 9.53. The molecular weight excluding hydrogens is 354 g/mol. The molecule has 3 aromatic heterocycles. The highest BCUT2D eigenvalue weighted by molar-refractivity contribution is 5.84. The second kappa shape index (κ2) is 6.45. The molecule has 1 aliphatic heterocycles. The second-order valence-electron chi connectivity index (χ2n) is 7.37. The summed E-state index contributed by atoms with van der Waals surface area (Å²) in [5.41, 5.74) is 1.33. The van der Waals surface area contributed by atoms with E-state index in [0.717, 1.165) is 37.0 Å². The van der Waals surface area contributed by atoms with Crippen LogP contribution in [0.2, 0.25) is 0 Å². The molecule has 4 aromatic rings. The van der Waals surface area contributed by atoms with Gasteiger partial charge in [-0.15, -0.1) is 0 Å². The molecule has 7 nitrogen and oxygen atoms in total. The SMILES string of the molecule is Cn1cc2c(=O)n(-c3ccc4c(=O)n(C5CCNCC5)ccc4c3)ccc2n1. The van der Waals surface area contributed by atoms with Crippen molar-refractivity contribution in [3.63, 3.8) is 0 Å². The Morgan fingerprint density at radius 2 is 1.82 bits per heavy atom. The third-order valence-electron chi connectivity index (χ3n) is 5.58. The number of piperidine rings is 1. The zero-order valence-corrected chi connectivity index (χ0v) is 15.6. The summed E-state index contributed by atoms with van der Waals surface area (Å²) in [5, 5.41) is 9.71. The van der Waals surface area contributed by atoms with Crippen molar-refractivity contribution in [3.8, 4) is 5.69 Å². The second-order valence-corrected chi connectivity index (χ2v) is 7.37. The Bertz CT molecular complexity index is 1310. The van der Waals surface area contributed by atoms with Gasteiger partial charge >= 0.3 is 0 Å². The maximum Gasteiger partial charge on any atom is 0.266 e. The molecule has 0 atom stereocenters. The molecule has 0 saturated carbocycles. The van der Waals surface area contributed by atoms with E-state index in [1.165, 1.54) is 0 Å². The zero-order valence-electron chi connectivity index (χ0n) is 15.6. The zero-order chi connectivity index (χ0) is 19.3. The highest BCUT2D eigenvalue weighted by atomic mass is 16.1. The summed E-state index contributed by atoms with van der Waals surface area (Å²) in [7, 11) is 1.80. The molecule has 1 aromatic carbocycles. The molecular formula is C21H21N5O2. The van der Waals surface area contributed by atoms with Crippen molar-refractivity contribution >= 4 is 21.7 Å². The van der Waals surface area contributed by atoms with Gasteiger partial charge in [-0.1, -0.05) is 0 Å². The molecule has 1 N–H and O–H groups in total. The lowest BCUT2D eigenvalue weighted by atomic mass is 10.1. The molecule has 1 saturated heterocycles.